The van der Waals surface area contributed by atoms with Gasteiger partial charge in [0.05, 0.1) is 0 Å². The molecule has 4 amide bonds. The maximum Gasteiger partial charge on any atom is 0.325 e. The van der Waals surface area contributed by atoms with E-state index in [0.717, 1.165) is 17.7 Å². The molecule has 1 aromatic rings. The smallest absolute Gasteiger partial charge is 0.325 e. The Morgan fingerprint density at radius 2 is 1.86 bits per heavy atom. The summed E-state index contributed by atoms with van der Waals surface area (Å²) in [7, 11) is 0. The van der Waals surface area contributed by atoms with E-state index < -0.39 is 17.5 Å². The largest absolute Gasteiger partial charge is 0.325 e. The molecule has 3 rings (SSSR count). The van der Waals surface area contributed by atoms with Crippen molar-refractivity contribution in [1.29, 1.82) is 0 Å². The minimum atomic E-state index is -0.881. The highest BCUT2D eigenvalue weighted by Crippen LogP contribution is 2.43. The maximum absolute atomic E-state index is 13.0. The normalized spacial score (nSPS) is 24.6. The number of Topliss-reactive ketones (excluding diaryl/α,β-unsaturated/α-hetero) is 1. The molecule has 0 aromatic heterocycles. The molecule has 1 aliphatic carbocycles. The van der Waals surface area contributed by atoms with Crippen LogP contribution in [0, 0.1) is 11.3 Å². The fourth-order valence-electron chi connectivity index (χ4n) is 4.30. The zero-order chi connectivity index (χ0) is 21.4. The molecular weight excluding hydrogens is 370 g/mol. The summed E-state index contributed by atoms with van der Waals surface area (Å²) in [5, 5.41) is 5.51. The molecule has 1 aliphatic heterocycles. The zero-order valence-electron chi connectivity index (χ0n) is 17.5. The third kappa shape index (κ3) is 4.33. The van der Waals surface area contributed by atoms with Gasteiger partial charge in [0.25, 0.3) is 5.91 Å². The van der Waals surface area contributed by atoms with E-state index in [1.54, 1.807) is 24.3 Å². The van der Waals surface area contributed by atoms with Crippen molar-refractivity contribution in [3.05, 3.63) is 29.8 Å². The number of nitrogens with one attached hydrogen (secondary N) is 2. The molecule has 0 atom stereocenters. The Labute approximate surface area is 171 Å². The van der Waals surface area contributed by atoms with Gasteiger partial charge in [-0.15, -0.1) is 0 Å². The molecule has 0 unspecified atom stereocenters. The lowest BCUT2D eigenvalue weighted by atomic mass is 9.67. The molecule has 2 fully saturated rings. The third-order valence-electron chi connectivity index (χ3n) is 6.16. The number of rotatable bonds is 4. The highest BCUT2D eigenvalue weighted by atomic mass is 16.2. The topological polar surface area (TPSA) is 95.6 Å². The molecule has 2 N–H and O–H groups in total. The van der Waals surface area contributed by atoms with Crippen molar-refractivity contribution in [3.63, 3.8) is 0 Å². The molecule has 0 radical (unpaired) electrons. The van der Waals surface area contributed by atoms with Crippen LogP contribution in [0.2, 0.25) is 0 Å². The number of urea groups is 1. The van der Waals surface area contributed by atoms with Gasteiger partial charge in [-0.1, -0.05) is 32.9 Å². The van der Waals surface area contributed by atoms with E-state index in [9.17, 15) is 19.2 Å². The van der Waals surface area contributed by atoms with Gasteiger partial charge < -0.3 is 10.6 Å². The van der Waals surface area contributed by atoms with E-state index >= 15 is 0 Å². The Morgan fingerprint density at radius 3 is 2.45 bits per heavy atom. The highest BCUT2D eigenvalue weighted by Gasteiger charge is 2.53. The van der Waals surface area contributed by atoms with Crippen molar-refractivity contribution < 1.29 is 19.2 Å². The number of carbonyl (C=O) groups excluding carboxylic acids is 4. The Hall–Kier alpha value is -2.70. The van der Waals surface area contributed by atoms with Crippen LogP contribution in [0.3, 0.4) is 0 Å². The molecule has 1 saturated carbocycles. The van der Waals surface area contributed by atoms with Crippen molar-refractivity contribution in [2.75, 3.05) is 11.9 Å². The molecule has 1 saturated heterocycles. The fraction of sp³-hybridized carbons (Fsp3) is 0.545. The van der Waals surface area contributed by atoms with Crippen molar-refractivity contribution in [2.24, 2.45) is 11.3 Å². The van der Waals surface area contributed by atoms with Gasteiger partial charge in [0.15, 0.2) is 5.78 Å². The van der Waals surface area contributed by atoms with E-state index in [2.05, 4.69) is 31.4 Å². The lowest BCUT2D eigenvalue weighted by Crippen LogP contribution is -2.50. The lowest BCUT2D eigenvalue weighted by Gasteiger charge is -2.40. The summed E-state index contributed by atoms with van der Waals surface area (Å²) in [5.41, 5.74) is 0.219. The number of imide groups is 1. The van der Waals surface area contributed by atoms with Crippen LogP contribution in [0.25, 0.3) is 0 Å². The first kappa shape index (κ1) is 21.0. The van der Waals surface area contributed by atoms with Gasteiger partial charge in [0.1, 0.15) is 12.1 Å². The number of amides is 4. The van der Waals surface area contributed by atoms with Gasteiger partial charge in [-0.25, -0.2) is 4.79 Å². The molecule has 7 heteroatoms. The molecule has 2 aliphatic rings. The van der Waals surface area contributed by atoms with Crippen molar-refractivity contribution >= 4 is 29.3 Å². The lowest BCUT2D eigenvalue weighted by molar-refractivity contribution is -0.135. The van der Waals surface area contributed by atoms with E-state index in [1.165, 1.54) is 6.92 Å². The van der Waals surface area contributed by atoms with Crippen molar-refractivity contribution in [3.8, 4) is 0 Å². The van der Waals surface area contributed by atoms with Crippen molar-refractivity contribution in [1.82, 2.24) is 10.2 Å². The minimum Gasteiger partial charge on any atom is -0.325 e. The summed E-state index contributed by atoms with van der Waals surface area (Å²) in [6.45, 7) is 7.69. The molecule has 7 nitrogen and oxygen atoms in total. The summed E-state index contributed by atoms with van der Waals surface area (Å²) >= 11 is 0. The number of hydrogen-bond donors (Lipinski definition) is 2. The summed E-state index contributed by atoms with van der Waals surface area (Å²) in [6.07, 6.45) is 2.93. The van der Waals surface area contributed by atoms with Crippen LogP contribution in [-0.2, 0) is 9.59 Å². The van der Waals surface area contributed by atoms with Crippen molar-refractivity contribution in [2.45, 2.75) is 58.9 Å². The third-order valence-corrected chi connectivity index (χ3v) is 6.16. The SMILES string of the molecule is CC(=O)c1cccc(NC(=O)CN2C(=O)NC3(CCC(C(C)(C)C)CC3)C2=O)c1. The van der Waals surface area contributed by atoms with Crippen LogP contribution in [0.15, 0.2) is 24.3 Å². The number of benzene rings is 1. The van der Waals surface area contributed by atoms with Gasteiger partial charge in [0.2, 0.25) is 5.91 Å². The second-order valence-corrected chi connectivity index (χ2v) is 9.23. The molecule has 1 spiro atoms. The highest BCUT2D eigenvalue weighted by molar-refractivity contribution is 6.10. The van der Waals surface area contributed by atoms with Gasteiger partial charge in [-0.2, -0.15) is 0 Å². The average molecular weight is 399 g/mol. The quantitative estimate of drug-likeness (QED) is 0.599. The Bertz CT molecular complexity index is 848. The standard InChI is InChI=1S/C22H29N3O4/c1-14(26)15-6-5-7-17(12-15)23-18(27)13-25-19(28)22(24-20(25)29)10-8-16(9-11-22)21(2,3)4/h5-7,12,16H,8-11,13H2,1-4H3,(H,23,27)(H,24,29). The minimum absolute atomic E-state index is 0.108. The van der Waals surface area contributed by atoms with Gasteiger partial charge in [-0.3, -0.25) is 19.3 Å². The first-order valence-corrected chi connectivity index (χ1v) is 10.1. The number of ketones is 1. The van der Waals surface area contributed by atoms with E-state index in [4.69, 9.17) is 0 Å². The summed E-state index contributed by atoms with van der Waals surface area (Å²) in [5.74, 6) is -0.399. The van der Waals surface area contributed by atoms with E-state index in [1.807, 2.05) is 0 Å². The maximum atomic E-state index is 13.0. The van der Waals surface area contributed by atoms with Crippen LogP contribution in [-0.4, -0.2) is 40.6 Å². The van der Waals surface area contributed by atoms with E-state index in [0.29, 0.717) is 30.0 Å². The van der Waals surface area contributed by atoms with Gasteiger partial charge in [-0.05, 0) is 56.1 Å². The Morgan fingerprint density at radius 1 is 1.21 bits per heavy atom. The fourth-order valence-corrected chi connectivity index (χ4v) is 4.30. The second-order valence-electron chi connectivity index (χ2n) is 9.23. The number of carbonyl (C=O) groups is 4. The van der Waals surface area contributed by atoms with Crippen LogP contribution in [0.5, 0.6) is 0 Å². The molecular formula is C22H29N3O4. The summed E-state index contributed by atoms with van der Waals surface area (Å²) in [6, 6.07) is 6.04. The number of anilines is 1. The predicted molar refractivity (Wildman–Crippen MR) is 109 cm³/mol. The monoisotopic (exact) mass is 399 g/mol. The van der Waals surface area contributed by atoms with Gasteiger partial charge in [0, 0.05) is 11.3 Å². The summed E-state index contributed by atoms with van der Waals surface area (Å²) < 4.78 is 0. The van der Waals surface area contributed by atoms with Crippen LogP contribution in [0.4, 0.5) is 10.5 Å². The zero-order valence-corrected chi connectivity index (χ0v) is 17.5. The predicted octanol–water partition coefficient (Wildman–Crippen LogP) is 3.35. The molecule has 0 bridgehead atoms. The molecule has 1 aromatic carbocycles. The number of nitrogens with zero attached hydrogens (tertiary/aromatic N) is 1. The Balaban J connectivity index is 1.64. The van der Waals surface area contributed by atoms with Gasteiger partial charge >= 0.3 is 6.03 Å². The molecule has 156 valence electrons. The molecule has 29 heavy (non-hydrogen) atoms. The van der Waals surface area contributed by atoms with Crippen LogP contribution >= 0.6 is 0 Å². The summed E-state index contributed by atoms with van der Waals surface area (Å²) in [4.78, 5) is 50.3. The van der Waals surface area contributed by atoms with Crippen LogP contribution in [0.1, 0.15) is 63.7 Å². The Kier molecular flexibility index (Phi) is 5.52. The van der Waals surface area contributed by atoms with Crippen LogP contribution < -0.4 is 10.6 Å². The molecule has 1 heterocycles. The first-order valence-electron chi connectivity index (χ1n) is 10.1. The first-order chi connectivity index (χ1) is 13.5. The second kappa shape index (κ2) is 7.61. The average Bonchev–Trinajstić information content (AvgIpc) is 2.85. The van der Waals surface area contributed by atoms with E-state index in [-0.39, 0.29) is 23.7 Å². The number of hydrogen-bond acceptors (Lipinski definition) is 4.